The van der Waals surface area contributed by atoms with Gasteiger partial charge in [0.25, 0.3) is 0 Å². The maximum absolute atomic E-state index is 13.5. The van der Waals surface area contributed by atoms with E-state index >= 15 is 0 Å². The van der Waals surface area contributed by atoms with Crippen LogP contribution < -0.4 is 0 Å². The summed E-state index contributed by atoms with van der Waals surface area (Å²) < 4.78 is 42.4. The summed E-state index contributed by atoms with van der Waals surface area (Å²) in [7, 11) is 1.84. The van der Waals surface area contributed by atoms with Crippen LogP contribution in [-0.2, 0) is 19.6 Å². The Labute approximate surface area is 185 Å². The molecule has 0 unspecified atom stereocenters. The molecule has 0 saturated heterocycles. The van der Waals surface area contributed by atoms with Crippen LogP contribution in [0.1, 0.15) is 39.5 Å². The number of halogens is 3. The van der Waals surface area contributed by atoms with Crippen molar-refractivity contribution in [1.29, 1.82) is 0 Å². The average molecular weight is 457 g/mol. The van der Waals surface area contributed by atoms with E-state index in [4.69, 9.17) is 0 Å². The van der Waals surface area contributed by atoms with Crippen molar-refractivity contribution in [2.24, 2.45) is 7.05 Å². The molecule has 10 heteroatoms. The molecule has 164 valence electrons. The fourth-order valence-corrected chi connectivity index (χ4v) is 4.17. The van der Waals surface area contributed by atoms with E-state index in [0.717, 1.165) is 16.8 Å². The van der Waals surface area contributed by atoms with E-state index in [1.807, 2.05) is 20.0 Å². The first-order valence-electron chi connectivity index (χ1n) is 9.68. The third-order valence-corrected chi connectivity index (χ3v) is 6.12. The second kappa shape index (κ2) is 8.70. The molecule has 1 aromatic carbocycles. The number of nitrogens with zero attached hydrogens (tertiary/aromatic N) is 5. The number of ketones is 1. The number of alkyl halides is 3. The van der Waals surface area contributed by atoms with E-state index in [-0.39, 0.29) is 28.3 Å². The van der Waals surface area contributed by atoms with Crippen molar-refractivity contribution in [2.45, 2.75) is 29.9 Å². The molecular formula is C22H18F3N5OS. The third-order valence-electron chi connectivity index (χ3n) is 4.91. The molecule has 4 aromatic rings. The summed E-state index contributed by atoms with van der Waals surface area (Å²) in [5.41, 5.74) is 0.396. The van der Waals surface area contributed by atoms with Gasteiger partial charge in [-0.3, -0.25) is 9.78 Å². The Morgan fingerprint density at radius 1 is 1.19 bits per heavy atom. The molecule has 0 bridgehead atoms. The van der Waals surface area contributed by atoms with Crippen LogP contribution in [0.25, 0.3) is 10.9 Å². The maximum Gasteiger partial charge on any atom is 0.417 e. The van der Waals surface area contributed by atoms with Crippen LogP contribution in [0.3, 0.4) is 0 Å². The van der Waals surface area contributed by atoms with Gasteiger partial charge < -0.3 is 4.57 Å². The van der Waals surface area contributed by atoms with Crippen molar-refractivity contribution >= 4 is 28.4 Å². The minimum atomic E-state index is -4.60. The largest absolute Gasteiger partial charge is 0.417 e. The topological polar surface area (TPSA) is 73.6 Å². The van der Waals surface area contributed by atoms with E-state index in [9.17, 15) is 18.0 Å². The van der Waals surface area contributed by atoms with Gasteiger partial charge in [-0.15, -0.1) is 10.2 Å². The van der Waals surface area contributed by atoms with Crippen LogP contribution in [0.2, 0.25) is 0 Å². The average Bonchev–Trinajstić information content (AvgIpc) is 3.16. The number of fused-ring (bicyclic) bond motifs is 1. The Morgan fingerprint density at radius 2 is 1.97 bits per heavy atom. The number of carbonyl (C=O) groups is 1. The van der Waals surface area contributed by atoms with Crippen molar-refractivity contribution in [3.05, 3.63) is 77.5 Å². The lowest BCUT2D eigenvalue weighted by atomic mass is 10.0. The molecule has 4 rings (SSSR count). The predicted octanol–water partition coefficient (Wildman–Crippen LogP) is 5.06. The van der Waals surface area contributed by atoms with Crippen LogP contribution in [0.4, 0.5) is 13.2 Å². The quantitative estimate of drug-likeness (QED) is 0.298. The second-order valence-electron chi connectivity index (χ2n) is 7.23. The minimum Gasteiger partial charge on any atom is -0.312 e. The number of hydrogen-bond donors (Lipinski definition) is 0. The highest BCUT2D eigenvalue weighted by Crippen LogP contribution is 2.35. The molecule has 0 spiro atoms. The lowest BCUT2D eigenvalue weighted by Gasteiger charge is -2.13. The minimum absolute atomic E-state index is 0.00498. The van der Waals surface area contributed by atoms with Crippen LogP contribution in [0.5, 0.6) is 0 Å². The van der Waals surface area contributed by atoms with Gasteiger partial charge in [-0.1, -0.05) is 30.0 Å². The van der Waals surface area contributed by atoms with Crippen LogP contribution in [0.15, 0.2) is 60.1 Å². The standard InChI is InChI=1S/C22H18F3N5OS/c1-13(32-21-29-27-12-30(21)2)14-7-8-26-15(9-14)10-20(31)19-11-17(22(23,24)25)16-5-3-4-6-18(16)28-19/h3-9,11-13H,10H2,1-2H3/t13-/m0/s1. The van der Waals surface area contributed by atoms with Gasteiger partial charge in [0.15, 0.2) is 10.9 Å². The molecule has 6 nitrogen and oxygen atoms in total. The highest BCUT2D eigenvalue weighted by Gasteiger charge is 2.34. The highest BCUT2D eigenvalue weighted by atomic mass is 32.2. The molecule has 0 aliphatic heterocycles. The Hall–Kier alpha value is -3.27. The first kappa shape index (κ1) is 21.9. The number of para-hydroxylation sites is 1. The monoisotopic (exact) mass is 457 g/mol. The van der Waals surface area contributed by atoms with Crippen molar-refractivity contribution in [1.82, 2.24) is 24.7 Å². The zero-order valence-corrected chi connectivity index (χ0v) is 18.0. The van der Waals surface area contributed by atoms with Crippen LogP contribution in [-0.4, -0.2) is 30.5 Å². The fraction of sp³-hybridized carbons (Fsp3) is 0.227. The molecule has 0 amide bonds. The lowest BCUT2D eigenvalue weighted by molar-refractivity contribution is -0.136. The van der Waals surface area contributed by atoms with Gasteiger partial charge in [0.1, 0.15) is 12.0 Å². The molecular weight excluding hydrogens is 439 g/mol. The summed E-state index contributed by atoms with van der Waals surface area (Å²) in [6, 6.07) is 10.3. The molecule has 0 N–H and O–H groups in total. The summed E-state index contributed by atoms with van der Waals surface area (Å²) in [4.78, 5) is 21.2. The van der Waals surface area contributed by atoms with Crippen molar-refractivity contribution in [2.75, 3.05) is 0 Å². The van der Waals surface area contributed by atoms with Gasteiger partial charge in [-0.2, -0.15) is 13.2 Å². The third kappa shape index (κ3) is 4.64. The molecule has 3 aromatic heterocycles. The SMILES string of the molecule is C[C@H](Sc1nncn1C)c1ccnc(CC(=O)c2cc(C(F)(F)F)c3ccccc3n2)c1. The number of hydrogen-bond acceptors (Lipinski definition) is 6. The summed E-state index contributed by atoms with van der Waals surface area (Å²) >= 11 is 1.50. The number of rotatable bonds is 6. The Bertz CT molecular complexity index is 1290. The number of aryl methyl sites for hydroxylation is 1. The lowest BCUT2D eigenvalue weighted by Crippen LogP contribution is -2.12. The normalized spacial score (nSPS) is 12.8. The maximum atomic E-state index is 13.5. The Kier molecular flexibility index (Phi) is 5.96. The Morgan fingerprint density at radius 3 is 2.69 bits per heavy atom. The van der Waals surface area contributed by atoms with Gasteiger partial charge in [0, 0.05) is 29.6 Å². The molecule has 1 atom stereocenters. The van der Waals surface area contributed by atoms with E-state index in [1.165, 1.54) is 30.0 Å². The highest BCUT2D eigenvalue weighted by molar-refractivity contribution is 7.99. The van der Waals surface area contributed by atoms with E-state index < -0.39 is 17.5 Å². The molecule has 0 saturated carbocycles. The molecule has 0 radical (unpaired) electrons. The van der Waals surface area contributed by atoms with E-state index in [1.54, 1.807) is 29.2 Å². The number of Topliss-reactive ketones (excluding diaryl/α,β-unsaturated/α-hetero) is 1. The van der Waals surface area contributed by atoms with Gasteiger partial charge in [-0.05, 0) is 36.8 Å². The zero-order chi connectivity index (χ0) is 22.9. The molecule has 0 fully saturated rings. The fourth-order valence-electron chi connectivity index (χ4n) is 3.26. The van der Waals surface area contributed by atoms with Gasteiger partial charge in [0.2, 0.25) is 0 Å². The van der Waals surface area contributed by atoms with Crippen molar-refractivity contribution in [3.8, 4) is 0 Å². The first-order chi connectivity index (χ1) is 15.2. The molecule has 0 aliphatic carbocycles. The van der Waals surface area contributed by atoms with Gasteiger partial charge in [0.05, 0.1) is 17.5 Å². The molecule has 32 heavy (non-hydrogen) atoms. The van der Waals surface area contributed by atoms with Crippen LogP contribution >= 0.6 is 11.8 Å². The van der Waals surface area contributed by atoms with Crippen LogP contribution in [0, 0.1) is 0 Å². The predicted molar refractivity (Wildman–Crippen MR) is 114 cm³/mol. The van der Waals surface area contributed by atoms with Gasteiger partial charge in [-0.25, -0.2) is 4.98 Å². The molecule has 3 heterocycles. The van der Waals surface area contributed by atoms with Crippen molar-refractivity contribution < 1.29 is 18.0 Å². The Balaban J connectivity index is 1.59. The summed E-state index contributed by atoms with van der Waals surface area (Å²) in [5.74, 6) is -0.528. The number of pyridine rings is 2. The van der Waals surface area contributed by atoms with E-state index in [2.05, 4.69) is 20.2 Å². The van der Waals surface area contributed by atoms with E-state index in [0.29, 0.717) is 5.69 Å². The summed E-state index contributed by atoms with van der Waals surface area (Å²) in [6.07, 6.45) is -1.56. The number of benzene rings is 1. The number of thioether (sulfide) groups is 1. The first-order valence-corrected chi connectivity index (χ1v) is 10.6. The molecule has 0 aliphatic rings. The summed E-state index contributed by atoms with van der Waals surface area (Å²) in [6.45, 7) is 1.99. The number of aromatic nitrogens is 5. The zero-order valence-electron chi connectivity index (χ0n) is 17.2. The van der Waals surface area contributed by atoms with Gasteiger partial charge >= 0.3 is 6.18 Å². The smallest absolute Gasteiger partial charge is 0.312 e. The number of carbonyl (C=O) groups excluding carboxylic acids is 1. The van der Waals surface area contributed by atoms with Crippen molar-refractivity contribution in [3.63, 3.8) is 0 Å². The summed E-state index contributed by atoms with van der Waals surface area (Å²) in [5, 5.41) is 8.62. The second-order valence-corrected chi connectivity index (χ2v) is 8.54.